The highest BCUT2D eigenvalue weighted by molar-refractivity contribution is 9.10. The summed E-state index contributed by atoms with van der Waals surface area (Å²) in [6.45, 7) is 1.27. The molecule has 0 saturated carbocycles. The zero-order valence-electron chi connectivity index (χ0n) is 10.1. The molecule has 5 heteroatoms. The third-order valence-electron chi connectivity index (χ3n) is 2.19. The van der Waals surface area contributed by atoms with Crippen LogP contribution in [-0.4, -0.2) is 38.6 Å². The van der Waals surface area contributed by atoms with Crippen LogP contribution >= 0.6 is 15.9 Å². The van der Waals surface area contributed by atoms with Crippen LogP contribution in [-0.2, 0) is 11.3 Å². The number of hydrogen-bond donors (Lipinski definition) is 2. The Morgan fingerprint density at radius 1 is 1.41 bits per heavy atom. The van der Waals surface area contributed by atoms with Crippen LogP contribution in [0.5, 0.6) is 5.75 Å². The van der Waals surface area contributed by atoms with Gasteiger partial charge in [0.1, 0.15) is 18.5 Å². The second-order valence-corrected chi connectivity index (χ2v) is 4.56. The number of halogens is 1. The summed E-state index contributed by atoms with van der Waals surface area (Å²) in [5, 5.41) is 12.5. The highest BCUT2D eigenvalue weighted by Gasteiger charge is 2.06. The summed E-state index contributed by atoms with van der Waals surface area (Å²) in [5.41, 5.74) is 1.12. The van der Waals surface area contributed by atoms with E-state index in [2.05, 4.69) is 21.2 Å². The summed E-state index contributed by atoms with van der Waals surface area (Å²) in [5.74, 6) is 0.744. The topological polar surface area (TPSA) is 50.7 Å². The molecule has 0 aliphatic rings. The summed E-state index contributed by atoms with van der Waals surface area (Å²) >= 11 is 3.47. The molecule has 0 fully saturated rings. The first-order valence-corrected chi connectivity index (χ1v) is 6.19. The van der Waals surface area contributed by atoms with Gasteiger partial charge in [-0.15, -0.1) is 0 Å². The molecule has 0 bridgehead atoms. The lowest BCUT2D eigenvalue weighted by Gasteiger charge is -2.13. The van der Waals surface area contributed by atoms with Crippen molar-refractivity contribution in [2.24, 2.45) is 0 Å². The SMILES string of the molecule is CNCc1cc(OCC(O)COC)ccc1Br. The van der Waals surface area contributed by atoms with E-state index in [1.165, 1.54) is 0 Å². The van der Waals surface area contributed by atoms with E-state index >= 15 is 0 Å². The molecule has 1 unspecified atom stereocenters. The van der Waals surface area contributed by atoms with Crippen LogP contribution in [0.3, 0.4) is 0 Å². The number of ether oxygens (including phenoxy) is 2. The van der Waals surface area contributed by atoms with Gasteiger partial charge in [0.15, 0.2) is 0 Å². The van der Waals surface area contributed by atoms with Crippen molar-refractivity contribution in [1.82, 2.24) is 5.32 Å². The van der Waals surface area contributed by atoms with Crippen LogP contribution in [0, 0.1) is 0 Å². The molecule has 0 spiro atoms. The first-order chi connectivity index (χ1) is 8.17. The zero-order chi connectivity index (χ0) is 12.7. The molecule has 96 valence electrons. The van der Waals surface area contributed by atoms with Crippen molar-refractivity contribution in [3.8, 4) is 5.75 Å². The average molecular weight is 304 g/mol. The summed E-state index contributed by atoms with van der Waals surface area (Å²) in [7, 11) is 3.44. The molecule has 1 aromatic rings. The number of aliphatic hydroxyl groups excluding tert-OH is 1. The maximum absolute atomic E-state index is 9.47. The van der Waals surface area contributed by atoms with Gasteiger partial charge in [0.05, 0.1) is 6.61 Å². The lowest BCUT2D eigenvalue weighted by Crippen LogP contribution is -2.22. The fourth-order valence-corrected chi connectivity index (χ4v) is 1.79. The van der Waals surface area contributed by atoms with Crippen LogP contribution < -0.4 is 10.1 Å². The lowest BCUT2D eigenvalue weighted by atomic mass is 10.2. The average Bonchev–Trinajstić information content (AvgIpc) is 2.31. The lowest BCUT2D eigenvalue weighted by molar-refractivity contribution is 0.0325. The van der Waals surface area contributed by atoms with Gasteiger partial charge in [-0.3, -0.25) is 0 Å². The molecule has 0 aromatic heterocycles. The van der Waals surface area contributed by atoms with Gasteiger partial charge in [-0.1, -0.05) is 15.9 Å². The van der Waals surface area contributed by atoms with Crippen LogP contribution in [0.1, 0.15) is 5.56 Å². The maximum atomic E-state index is 9.47. The van der Waals surface area contributed by atoms with Gasteiger partial charge in [-0.2, -0.15) is 0 Å². The standard InChI is InChI=1S/C12H18BrNO3/c1-14-6-9-5-11(3-4-12(9)13)17-8-10(15)7-16-2/h3-5,10,14-15H,6-8H2,1-2H3. The molecule has 0 aliphatic heterocycles. The second kappa shape index (κ2) is 7.66. The Morgan fingerprint density at radius 2 is 2.18 bits per heavy atom. The van der Waals surface area contributed by atoms with Crippen molar-refractivity contribution in [2.75, 3.05) is 27.4 Å². The minimum absolute atomic E-state index is 0.231. The van der Waals surface area contributed by atoms with Gasteiger partial charge in [0.25, 0.3) is 0 Å². The number of methoxy groups -OCH3 is 1. The highest BCUT2D eigenvalue weighted by Crippen LogP contribution is 2.22. The van der Waals surface area contributed by atoms with E-state index in [-0.39, 0.29) is 13.2 Å². The van der Waals surface area contributed by atoms with Gasteiger partial charge in [0.2, 0.25) is 0 Å². The Hall–Kier alpha value is -0.620. The number of nitrogens with one attached hydrogen (secondary N) is 1. The predicted molar refractivity (Wildman–Crippen MR) is 70.3 cm³/mol. The largest absolute Gasteiger partial charge is 0.491 e. The van der Waals surface area contributed by atoms with E-state index in [0.29, 0.717) is 0 Å². The van der Waals surface area contributed by atoms with Crippen LogP contribution in [0.2, 0.25) is 0 Å². The third-order valence-corrected chi connectivity index (χ3v) is 2.96. The molecule has 2 N–H and O–H groups in total. The maximum Gasteiger partial charge on any atom is 0.119 e. The number of hydrogen-bond acceptors (Lipinski definition) is 4. The molecule has 17 heavy (non-hydrogen) atoms. The van der Waals surface area contributed by atoms with Crippen LogP contribution in [0.15, 0.2) is 22.7 Å². The van der Waals surface area contributed by atoms with Gasteiger partial charge in [0, 0.05) is 18.1 Å². The Bertz CT molecular complexity index is 347. The Balaban J connectivity index is 2.56. The van der Waals surface area contributed by atoms with E-state index in [4.69, 9.17) is 9.47 Å². The summed E-state index contributed by atoms with van der Waals surface area (Å²) < 4.78 is 11.3. The molecular formula is C12H18BrNO3. The third kappa shape index (κ3) is 5.04. The molecule has 0 amide bonds. The van der Waals surface area contributed by atoms with Crippen molar-refractivity contribution in [2.45, 2.75) is 12.6 Å². The minimum Gasteiger partial charge on any atom is -0.491 e. The first-order valence-electron chi connectivity index (χ1n) is 5.40. The summed E-state index contributed by atoms with van der Waals surface area (Å²) in [4.78, 5) is 0. The fourth-order valence-electron chi connectivity index (χ4n) is 1.40. The van der Waals surface area contributed by atoms with Crippen molar-refractivity contribution < 1.29 is 14.6 Å². The van der Waals surface area contributed by atoms with Gasteiger partial charge >= 0.3 is 0 Å². The quantitative estimate of drug-likeness (QED) is 0.802. The van der Waals surface area contributed by atoms with E-state index in [9.17, 15) is 5.11 Å². The van der Waals surface area contributed by atoms with E-state index < -0.39 is 6.10 Å². The molecule has 0 heterocycles. The number of benzene rings is 1. The number of aliphatic hydroxyl groups is 1. The smallest absolute Gasteiger partial charge is 0.119 e. The Morgan fingerprint density at radius 3 is 2.82 bits per heavy atom. The second-order valence-electron chi connectivity index (χ2n) is 3.70. The molecule has 0 saturated heterocycles. The molecule has 1 atom stereocenters. The highest BCUT2D eigenvalue weighted by atomic mass is 79.9. The molecule has 4 nitrogen and oxygen atoms in total. The predicted octanol–water partition coefficient (Wildman–Crippen LogP) is 1.55. The summed E-state index contributed by atoms with van der Waals surface area (Å²) in [6.07, 6.45) is -0.601. The number of rotatable bonds is 7. The Kier molecular flexibility index (Phi) is 6.50. The van der Waals surface area contributed by atoms with Gasteiger partial charge in [-0.05, 0) is 30.8 Å². The van der Waals surface area contributed by atoms with Gasteiger partial charge in [-0.25, -0.2) is 0 Å². The minimum atomic E-state index is -0.601. The van der Waals surface area contributed by atoms with Crippen molar-refractivity contribution >= 4 is 15.9 Å². The van der Waals surface area contributed by atoms with Crippen molar-refractivity contribution in [1.29, 1.82) is 0 Å². The monoisotopic (exact) mass is 303 g/mol. The Labute approximate surface area is 110 Å². The first kappa shape index (κ1) is 14.4. The molecule has 1 aromatic carbocycles. The molecular weight excluding hydrogens is 286 g/mol. The molecule has 0 aliphatic carbocycles. The van der Waals surface area contributed by atoms with Crippen molar-refractivity contribution in [3.05, 3.63) is 28.2 Å². The van der Waals surface area contributed by atoms with E-state index in [0.717, 1.165) is 22.3 Å². The van der Waals surface area contributed by atoms with Gasteiger partial charge < -0.3 is 19.9 Å². The van der Waals surface area contributed by atoms with E-state index in [1.807, 2.05) is 25.2 Å². The molecule has 1 rings (SSSR count). The summed E-state index contributed by atoms with van der Waals surface area (Å²) in [6, 6.07) is 5.74. The normalized spacial score (nSPS) is 12.5. The van der Waals surface area contributed by atoms with E-state index in [1.54, 1.807) is 7.11 Å². The van der Waals surface area contributed by atoms with Crippen LogP contribution in [0.25, 0.3) is 0 Å². The molecule has 0 radical (unpaired) electrons. The zero-order valence-corrected chi connectivity index (χ0v) is 11.7. The fraction of sp³-hybridized carbons (Fsp3) is 0.500. The van der Waals surface area contributed by atoms with Crippen molar-refractivity contribution in [3.63, 3.8) is 0 Å². The van der Waals surface area contributed by atoms with Crippen LogP contribution in [0.4, 0.5) is 0 Å².